The Balaban J connectivity index is 1.71. The van der Waals surface area contributed by atoms with Crippen LogP contribution in [0.15, 0.2) is 79.0 Å². The minimum atomic E-state index is -1.33. The van der Waals surface area contributed by atoms with Crippen molar-refractivity contribution in [1.82, 2.24) is 4.90 Å². The first kappa shape index (κ1) is 23.7. The number of benzene rings is 3. The molecule has 3 aromatic rings. The molecule has 1 fully saturated rings. The number of para-hydroxylation sites is 1. The van der Waals surface area contributed by atoms with Gasteiger partial charge in [0.15, 0.2) is 11.6 Å². The number of carbonyl (C=O) groups is 3. The van der Waals surface area contributed by atoms with Gasteiger partial charge in [0.1, 0.15) is 5.41 Å². The Hall–Kier alpha value is -3.70. The third-order valence-electron chi connectivity index (χ3n) is 8.00. The Morgan fingerprint density at radius 2 is 1.62 bits per heavy atom. The van der Waals surface area contributed by atoms with E-state index in [0.717, 1.165) is 16.7 Å². The summed E-state index contributed by atoms with van der Waals surface area (Å²) in [4.78, 5) is 45.1. The van der Waals surface area contributed by atoms with E-state index in [1.165, 1.54) is 0 Å². The molecule has 0 saturated carbocycles. The average molecular weight is 511 g/mol. The number of nitrogens with zero attached hydrogens (tertiary/aromatic N) is 1. The van der Waals surface area contributed by atoms with Gasteiger partial charge in [-0.15, -0.1) is 0 Å². The number of Topliss-reactive ketones (excluding diaryl/α,β-unsaturated/α-hetero) is 2. The summed E-state index contributed by atoms with van der Waals surface area (Å²) in [5, 5.41) is 3.36. The molecule has 1 spiro atoms. The predicted molar refractivity (Wildman–Crippen MR) is 144 cm³/mol. The van der Waals surface area contributed by atoms with E-state index in [9.17, 15) is 14.4 Å². The third kappa shape index (κ3) is 3.20. The molecular formula is C31H27ClN2O3. The minimum Gasteiger partial charge on any atom is -0.358 e. The van der Waals surface area contributed by atoms with Crippen molar-refractivity contribution in [3.63, 3.8) is 0 Å². The second-order valence-corrected chi connectivity index (χ2v) is 11.5. The van der Waals surface area contributed by atoms with Crippen molar-refractivity contribution >= 4 is 40.8 Å². The monoisotopic (exact) mass is 510 g/mol. The van der Waals surface area contributed by atoms with Gasteiger partial charge in [-0.25, -0.2) is 0 Å². The molecule has 186 valence electrons. The van der Waals surface area contributed by atoms with Crippen LogP contribution in [0, 0.1) is 11.3 Å². The molecule has 3 heterocycles. The molecule has 0 radical (unpaired) electrons. The van der Waals surface area contributed by atoms with Gasteiger partial charge in [-0.2, -0.15) is 0 Å². The second kappa shape index (κ2) is 8.15. The first-order valence-corrected chi connectivity index (χ1v) is 12.8. The van der Waals surface area contributed by atoms with E-state index < -0.39 is 28.8 Å². The van der Waals surface area contributed by atoms with Crippen LogP contribution in [0.1, 0.15) is 53.9 Å². The predicted octanol–water partition coefficient (Wildman–Crippen LogP) is 6.05. The van der Waals surface area contributed by atoms with Gasteiger partial charge in [0.05, 0.1) is 23.0 Å². The third-order valence-corrected chi connectivity index (χ3v) is 8.33. The van der Waals surface area contributed by atoms with Crippen molar-refractivity contribution in [3.8, 4) is 0 Å². The van der Waals surface area contributed by atoms with Gasteiger partial charge in [-0.1, -0.05) is 87.0 Å². The molecule has 0 aromatic heterocycles. The molecule has 1 N–H and O–H groups in total. The molecule has 4 atom stereocenters. The van der Waals surface area contributed by atoms with E-state index in [-0.39, 0.29) is 17.5 Å². The maximum absolute atomic E-state index is 14.6. The molecule has 1 amide bonds. The summed E-state index contributed by atoms with van der Waals surface area (Å²) in [5.74, 6) is -1.67. The number of rotatable bonds is 3. The number of hydrogen-bond donors (Lipinski definition) is 1. The van der Waals surface area contributed by atoms with Crippen molar-refractivity contribution < 1.29 is 14.4 Å². The fourth-order valence-electron chi connectivity index (χ4n) is 6.44. The molecule has 3 aromatic carbocycles. The van der Waals surface area contributed by atoms with Crippen LogP contribution in [-0.4, -0.2) is 28.4 Å². The van der Waals surface area contributed by atoms with Crippen LogP contribution in [0.4, 0.5) is 5.69 Å². The van der Waals surface area contributed by atoms with Crippen molar-refractivity contribution in [2.75, 3.05) is 5.32 Å². The summed E-state index contributed by atoms with van der Waals surface area (Å²) in [7, 11) is 0. The SMILES string of the molecule is CC(C)(C)C(=O)C1C(C(=O)c2ccccc2Cl)C2(C(=O)Nc3ccccc32)C2c3ccccc3C=CN12. The van der Waals surface area contributed by atoms with Crippen LogP contribution in [0.3, 0.4) is 0 Å². The van der Waals surface area contributed by atoms with Crippen molar-refractivity contribution in [1.29, 1.82) is 0 Å². The van der Waals surface area contributed by atoms with E-state index >= 15 is 0 Å². The number of nitrogens with one attached hydrogen (secondary N) is 1. The van der Waals surface area contributed by atoms with Gasteiger partial charge in [-0.05, 0) is 41.0 Å². The molecule has 0 bridgehead atoms. The highest BCUT2D eigenvalue weighted by molar-refractivity contribution is 6.34. The summed E-state index contributed by atoms with van der Waals surface area (Å²) < 4.78 is 0. The van der Waals surface area contributed by atoms with Gasteiger partial charge >= 0.3 is 0 Å². The maximum atomic E-state index is 14.6. The molecule has 3 aliphatic rings. The van der Waals surface area contributed by atoms with Gasteiger partial charge in [0.25, 0.3) is 0 Å². The molecule has 37 heavy (non-hydrogen) atoms. The lowest BCUT2D eigenvalue weighted by molar-refractivity contribution is -0.131. The largest absolute Gasteiger partial charge is 0.358 e. The number of halogens is 1. The van der Waals surface area contributed by atoms with Crippen molar-refractivity contribution in [2.45, 2.75) is 38.3 Å². The van der Waals surface area contributed by atoms with E-state index in [2.05, 4.69) is 5.32 Å². The quantitative estimate of drug-likeness (QED) is 0.435. The summed E-state index contributed by atoms with van der Waals surface area (Å²) in [6.07, 6.45) is 3.85. The fraction of sp³-hybridized carbons (Fsp3) is 0.258. The summed E-state index contributed by atoms with van der Waals surface area (Å²) in [6, 6.07) is 20.8. The van der Waals surface area contributed by atoms with Crippen molar-refractivity contribution in [2.24, 2.45) is 11.3 Å². The number of hydrogen-bond acceptors (Lipinski definition) is 4. The zero-order valence-electron chi connectivity index (χ0n) is 20.9. The van der Waals surface area contributed by atoms with Crippen LogP contribution in [0.5, 0.6) is 0 Å². The summed E-state index contributed by atoms with van der Waals surface area (Å²) in [5.41, 5.74) is 1.51. The smallest absolute Gasteiger partial charge is 0.238 e. The summed E-state index contributed by atoms with van der Waals surface area (Å²) >= 11 is 6.55. The summed E-state index contributed by atoms with van der Waals surface area (Å²) in [6.45, 7) is 5.57. The molecule has 0 aliphatic carbocycles. The van der Waals surface area contributed by atoms with E-state index in [0.29, 0.717) is 16.3 Å². The first-order valence-electron chi connectivity index (χ1n) is 12.5. The molecular weight excluding hydrogens is 484 g/mol. The maximum Gasteiger partial charge on any atom is 0.238 e. The standard InChI is InChI=1S/C31H27ClN2O3/c1-30(2,3)28(36)25-24(26(35)20-12-6-8-14-22(20)32)31(21-13-7-9-15-23(21)33-29(31)37)27-19-11-5-4-10-18(19)16-17-34(25)27/h4-17,24-25,27H,1-3H3,(H,33,37). The van der Waals surface area contributed by atoms with Crippen LogP contribution in [0.2, 0.25) is 5.02 Å². The number of amides is 1. The van der Waals surface area contributed by atoms with E-state index in [1.54, 1.807) is 24.3 Å². The van der Waals surface area contributed by atoms with Gasteiger partial charge in [-0.3, -0.25) is 14.4 Å². The highest BCUT2D eigenvalue weighted by atomic mass is 35.5. The highest BCUT2D eigenvalue weighted by Gasteiger charge is 2.71. The number of anilines is 1. The van der Waals surface area contributed by atoms with Gasteiger partial charge < -0.3 is 10.2 Å². The van der Waals surface area contributed by atoms with Crippen molar-refractivity contribution in [3.05, 3.63) is 106 Å². The number of fused-ring (bicyclic) bond motifs is 6. The molecule has 1 saturated heterocycles. The molecule has 6 heteroatoms. The topological polar surface area (TPSA) is 66.5 Å². The fourth-order valence-corrected chi connectivity index (χ4v) is 6.67. The van der Waals surface area contributed by atoms with Gasteiger partial charge in [0, 0.05) is 22.9 Å². The van der Waals surface area contributed by atoms with Crippen LogP contribution >= 0.6 is 11.6 Å². The zero-order chi connectivity index (χ0) is 26.1. The number of ketones is 2. The van der Waals surface area contributed by atoms with Gasteiger partial charge in [0.2, 0.25) is 5.91 Å². The Kier molecular flexibility index (Phi) is 5.22. The highest BCUT2D eigenvalue weighted by Crippen LogP contribution is 2.62. The Morgan fingerprint density at radius 1 is 0.946 bits per heavy atom. The zero-order valence-corrected chi connectivity index (χ0v) is 21.6. The molecule has 3 aliphatic heterocycles. The molecule has 4 unspecified atom stereocenters. The lowest BCUT2D eigenvalue weighted by Gasteiger charge is -2.38. The Labute approximate surface area is 221 Å². The average Bonchev–Trinajstić information content (AvgIpc) is 3.35. The lowest BCUT2D eigenvalue weighted by atomic mass is 9.62. The van der Waals surface area contributed by atoms with Crippen LogP contribution in [0.25, 0.3) is 6.08 Å². The normalized spacial score (nSPS) is 25.5. The molecule has 5 nitrogen and oxygen atoms in total. The first-order chi connectivity index (χ1) is 17.7. The Morgan fingerprint density at radius 3 is 2.38 bits per heavy atom. The lowest BCUT2D eigenvalue weighted by Crippen LogP contribution is -2.50. The molecule has 6 rings (SSSR count). The van der Waals surface area contributed by atoms with E-state index in [4.69, 9.17) is 11.6 Å². The minimum absolute atomic E-state index is 0.0963. The number of carbonyl (C=O) groups excluding carboxylic acids is 3. The van der Waals surface area contributed by atoms with Crippen LogP contribution < -0.4 is 5.32 Å². The second-order valence-electron chi connectivity index (χ2n) is 11.0. The van der Waals surface area contributed by atoms with E-state index in [1.807, 2.05) is 86.5 Å². The van der Waals surface area contributed by atoms with Crippen LogP contribution in [-0.2, 0) is 15.0 Å². The Bertz CT molecular complexity index is 1500.